The van der Waals surface area contributed by atoms with Gasteiger partial charge in [-0.2, -0.15) is 0 Å². The first-order chi connectivity index (χ1) is 9.31. The molecule has 0 bridgehead atoms. The highest BCUT2D eigenvalue weighted by molar-refractivity contribution is 5.35. The minimum absolute atomic E-state index is 0.652. The smallest absolute Gasteiger partial charge is 0.0355 e. The van der Waals surface area contributed by atoms with Gasteiger partial charge in [-0.25, -0.2) is 0 Å². The summed E-state index contributed by atoms with van der Waals surface area (Å²) >= 11 is 0. The Balaban J connectivity index is 1.89. The van der Waals surface area contributed by atoms with E-state index in [0.717, 1.165) is 12.0 Å². The summed E-state index contributed by atoms with van der Waals surface area (Å²) in [5, 5.41) is 3.43. The van der Waals surface area contributed by atoms with E-state index in [1.807, 2.05) is 0 Å². The Kier molecular flexibility index (Phi) is 3.90. The van der Waals surface area contributed by atoms with Crippen LogP contribution in [-0.2, 0) is 0 Å². The topological polar surface area (TPSA) is 15.3 Å². The summed E-state index contributed by atoms with van der Waals surface area (Å²) in [5.41, 5.74) is 3.19. The Morgan fingerprint density at radius 3 is 2.53 bits per heavy atom. The van der Waals surface area contributed by atoms with Crippen LogP contribution < -0.4 is 5.32 Å². The Bertz CT molecular complexity index is 425. The van der Waals surface area contributed by atoms with Crippen LogP contribution in [0.5, 0.6) is 0 Å². The number of rotatable bonds is 4. The second kappa shape index (κ2) is 5.64. The van der Waals surface area contributed by atoms with Gasteiger partial charge in [-0.3, -0.25) is 4.90 Å². The van der Waals surface area contributed by atoms with Crippen LogP contribution in [0.15, 0.2) is 24.3 Å². The average molecular weight is 258 g/mol. The molecule has 1 heterocycles. The van der Waals surface area contributed by atoms with Gasteiger partial charge in [-0.15, -0.1) is 0 Å². The van der Waals surface area contributed by atoms with Crippen LogP contribution in [0, 0.1) is 0 Å². The van der Waals surface area contributed by atoms with Gasteiger partial charge in [0.15, 0.2) is 0 Å². The van der Waals surface area contributed by atoms with Crippen LogP contribution in [-0.4, -0.2) is 30.6 Å². The third-order valence-corrected chi connectivity index (χ3v) is 4.87. The predicted molar refractivity (Wildman–Crippen MR) is 80.5 cm³/mol. The second-order valence-electron chi connectivity index (χ2n) is 6.17. The first-order valence-corrected chi connectivity index (χ1v) is 7.86. The highest BCUT2D eigenvalue weighted by Crippen LogP contribution is 2.41. The van der Waals surface area contributed by atoms with Gasteiger partial charge in [-0.1, -0.05) is 38.1 Å². The minimum atomic E-state index is 0.652. The van der Waals surface area contributed by atoms with E-state index in [4.69, 9.17) is 0 Å². The Morgan fingerprint density at radius 2 is 1.89 bits per heavy atom. The number of nitrogens with zero attached hydrogens (tertiary/aromatic N) is 1. The fraction of sp³-hybridized carbons (Fsp3) is 0.647. The monoisotopic (exact) mass is 258 g/mol. The van der Waals surface area contributed by atoms with E-state index in [1.165, 1.54) is 38.9 Å². The fourth-order valence-corrected chi connectivity index (χ4v) is 3.69. The molecule has 2 nitrogen and oxygen atoms in total. The van der Waals surface area contributed by atoms with Crippen LogP contribution in [0.25, 0.3) is 0 Å². The van der Waals surface area contributed by atoms with E-state index >= 15 is 0 Å². The molecule has 0 spiro atoms. The summed E-state index contributed by atoms with van der Waals surface area (Å²) in [6, 6.07) is 10.5. The Morgan fingerprint density at radius 1 is 1.16 bits per heavy atom. The highest BCUT2D eigenvalue weighted by atomic mass is 15.3. The standard InChI is InChI=1S/C17H26N2/c1-3-10-19(14-11-18-12-14)17-9-8-13(2)15-6-4-5-7-16(15)17/h4-7,13-14,17-18H,3,8-12H2,1-2H3. The van der Waals surface area contributed by atoms with E-state index in [9.17, 15) is 0 Å². The van der Waals surface area contributed by atoms with Crippen molar-refractivity contribution in [2.75, 3.05) is 19.6 Å². The lowest BCUT2D eigenvalue weighted by Gasteiger charge is -2.45. The molecule has 19 heavy (non-hydrogen) atoms. The molecule has 3 rings (SSSR count). The number of fused-ring (bicyclic) bond motifs is 1. The lowest BCUT2D eigenvalue weighted by molar-refractivity contribution is 0.0825. The normalized spacial score (nSPS) is 27.1. The quantitative estimate of drug-likeness (QED) is 0.891. The molecule has 1 aliphatic carbocycles. The zero-order chi connectivity index (χ0) is 13.2. The van der Waals surface area contributed by atoms with Crippen molar-refractivity contribution in [3.63, 3.8) is 0 Å². The minimum Gasteiger partial charge on any atom is -0.314 e. The van der Waals surface area contributed by atoms with Crippen molar-refractivity contribution in [3.8, 4) is 0 Å². The molecule has 1 N–H and O–H groups in total. The Hall–Kier alpha value is -0.860. The third kappa shape index (κ3) is 2.44. The van der Waals surface area contributed by atoms with Gasteiger partial charge >= 0.3 is 0 Å². The molecule has 2 heteroatoms. The molecule has 2 unspecified atom stereocenters. The van der Waals surface area contributed by atoms with Crippen molar-refractivity contribution in [2.24, 2.45) is 0 Å². The van der Waals surface area contributed by atoms with Crippen LogP contribution in [0.1, 0.15) is 56.2 Å². The predicted octanol–water partition coefficient (Wildman–Crippen LogP) is 3.31. The second-order valence-corrected chi connectivity index (χ2v) is 6.17. The molecular weight excluding hydrogens is 232 g/mol. The van der Waals surface area contributed by atoms with E-state index in [0.29, 0.717) is 6.04 Å². The van der Waals surface area contributed by atoms with Crippen molar-refractivity contribution in [1.82, 2.24) is 10.2 Å². The third-order valence-electron chi connectivity index (χ3n) is 4.87. The zero-order valence-electron chi connectivity index (χ0n) is 12.2. The molecule has 1 aliphatic heterocycles. The molecule has 1 aromatic carbocycles. The molecule has 1 aromatic rings. The molecule has 1 saturated heterocycles. The van der Waals surface area contributed by atoms with Crippen LogP contribution in [0.2, 0.25) is 0 Å². The van der Waals surface area contributed by atoms with E-state index in [-0.39, 0.29) is 0 Å². The number of nitrogens with one attached hydrogen (secondary N) is 1. The van der Waals surface area contributed by atoms with Gasteiger partial charge in [0.1, 0.15) is 0 Å². The number of hydrogen-bond donors (Lipinski definition) is 1. The Labute approximate surface area is 117 Å². The van der Waals surface area contributed by atoms with E-state index in [1.54, 1.807) is 11.1 Å². The molecule has 0 saturated carbocycles. The lowest BCUT2D eigenvalue weighted by Crippen LogP contribution is -2.58. The van der Waals surface area contributed by atoms with Crippen molar-refractivity contribution < 1.29 is 0 Å². The molecule has 104 valence electrons. The van der Waals surface area contributed by atoms with Gasteiger partial charge in [-0.05, 0) is 42.9 Å². The van der Waals surface area contributed by atoms with Gasteiger partial charge in [0, 0.05) is 25.2 Å². The highest BCUT2D eigenvalue weighted by Gasteiger charge is 2.34. The van der Waals surface area contributed by atoms with Crippen LogP contribution >= 0.6 is 0 Å². The zero-order valence-corrected chi connectivity index (χ0v) is 12.2. The maximum atomic E-state index is 3.43. The lowest BCUT2D eigenvalue weighted by atomic mass is 9.79. The first kappa shape index (κ1) is 13.1. The number of benzene rings is 1. The largest absolute Gasteiger partial charge is 0.314 e. The van der Waals surface area contributed by atoms with Crippen LogP contribution in [0.3, 0.4) is 0 Å². The van der Waals surface area contributed by atoms with E-state index < -0.39 is 0 Å². The summed E-state index contributed by atoms with van der Waals surface area (Å²) in [6.45, 7) is 8.27. The molecule has 0 amide bonds. The van der Waals surface area contributed by atoms with Gasteiger partial charge in [0.05, 0.1) is 0 Å². The van der Waals surface area contributed by atoms with Crippen LogP contribution in [0.4, 0.5) is 0 Å². The average Bonchev–Trinajstić information content (AvgIpc) is 2.37. The first-order valence-electron chi connectivity index (χ1n) is 7.86. The van der Waals surface area contributed by atoms with Crippen molar-refractivity contribution in [3.05, 3.63) is 35.4 Å². The SMILES string of the molecule is CCCN(C1CNC1)C1CCC(C)c2ccccc21. The van der Waals surface area contributed by atoms with Crippen molar-refractivity contribution in [2.45, 2.75) is 51.1 Å². The molecule has 2 atom stereocenters. The summed E-state index contributed by atoms with van der Waals surface area (Å²) < 4.78 is 0. The van der Waals surface area contributed by atoms with Gasteiger partial charge in [0.25, 0.3) is 0 Å². The molecule has 0 aromatic heterocycles. The molecule has 1 fully saturated rings. The maximum Gasteiger partial charge on any atom is 0.0355 e. The summed E-state index contributed by atoms with van der Waals surface area (Å²) in [4.78, 5) is 2.77. The molecular formula is C17H26N2. The molecule has 0 radical (unpaired) electrons. The molecule has 2 aliphatic rings. The summed E-state index contributed by atoms with van der Waals surface area (Å²) in [5.74, 6) is 0.732. The fourth-order valence-electron chi connectivity index (χ4n) is 3.69. The van der Waals surface area contributed by atoms with E-state index in [2.05, 4.69) is 48.3 Å². The summed E-state index contributed by atoms with van der Waals surface area (Å²) in [6.07, 6.45) is 3.92. The van der Waals surface area contributed by atoms with Gasteiger partial charge in [0.2, 0.25) is 0 Å². The van der Waals surface area contributed by atoms with Crippen molar-refractivity contribution in [1.29, 1.82) is 0 Å². The van der Waals surface area contributed by atoms with Crippen molar-refractivity contribution >= 4 is 0 Å². The number of hydrogen-bond acceptors (Lipinski definition) is 2. The van der Waals surface area contributed by atoms with Gasteiger partial charge < -0.3 is 5.32 Å². The summed E-state index contributed by atoms with van der Waals surface area (Å²) in [7, 11) is 0. The maximum absolute atomic E-state index is 3.43.